The van der Waals surface area contributed by atoms with E-state index in [1.54, 1.807) is 18.5 Å². The third-order valence-corrected chi connectivity index (χ3v) is 5.42. The number of phenolic OH excluding ortho intramolecular Hbond substituents is 1. The summed E-state index contributed by atoms with van der Waals surface area (Å²) in [5, 5.41) is 16.1. The molecule has 0 bridgehead atoms. The van der Waals surface area contributed by atoms with Gasteiger partial charge in [-0.05, 0) is 42.3 Å². The fourth-order valence-corrected chi connectivity index (χ4v) is 3.62. The van der Waals surface area contributed by atoms with E-state index in [-0.39, 0.29) is 5.75 Å². The molecule has 140 valence electrons. The van der Waals surface area contributed by atoms with Crippen LogP contribution in [-0.2, 0) is 0 Å². The van der Waals surface area contributed by atoms with Crippen molar-refractivity contribution in [1.82, 2.24) is 9.97 Å². The fraction of sp³-hybridized carbons (Fsp3) is 0.0909. The number of halogens is 2. The molecule has 0 saturated carbocycles. The van der Waals surface area contributed by atoms with Crippen LogP contribution in [0.4, 0.5) is 5.82 Å². The third-order valence-electron chi connectivity index (χ3n) is 4.59. The van der Waals surface area contributed by atoms with Crippen LogP contribution < -0.4 is 5.32 Å². The minimum absolute atomic E-state index is 0.0966. The number of pyridine rings is 2. The lowest BCUT2D eigenvalue weighted by atomic mass is 9.96. The SMILES string of the molecule is Cc1ccnc(N[C@@H](c2cccc(Cl)c2Cl)c2ccc3cccnc3c2O)c1. The Balaban J connectivity index is 1.90. The third kappa shape index (κ3) is 3.49. The highest BCUT2D eigenvalue weighted by atomic mass is 35.5. The Labute approximate surface area is 172 Å². The van der Waals surface area contributed by atoms with Crippen molar-refractivity contribution in [2.75, 3.05) is 5.32 Å². The molecule has 2 aromatic heterocycles. The number of aromatic hydroxyl groups is 1. The monoisotopic (exact) mass is 409 g/mol. The zero-order valence-corrected chi connectivity index (χ0v) is 16.5. The van der Waals surface area contributed by atoms with Gasteiger partial charge in [0.25, 0.3) is 0 Å². The average molecular weight is 410 g/mol. The smallest absolute Gasteiger partial charge is 0.147 e. The molecule has 28 heavy (non-hydrogen) atoms. The molecule has 0 amide bonds. The van der Waals surface area contributed by atoms with Gasteiger partial charge in [-0.15, -0.1) is 0 Å². The predicted octanol–water partition coefficient (Wildman–Crippen LogP) is 6.15. The molecule has 2 heterocycles. The summed E-state index contributed by atoms with van der Waals surface area (Å²) in [5.41, 5.74) is 2.97. The molecule has 0 spiro atoms. The van der Waals surface area contributed by atoms with Crippen LogP contribution in [-0.4, -0.2) is 15.1 Å². The Kier molecular flexibility index (Phi) is 5.07. The van der Waals surface area contributed by atoms with Crippen LogP contribution in [0.5, 0.6) is 5.75 Å². The van der Waals surface area contributed by atoms with Crippen molar-refractivity contribution in [3.63, 3.8) is 0 Å². The van der Waals surface area contributed by atoms with Crippen molar-refractivity contribution < 1.29 is 5.11 Å². The number of fused-ring (bicyclic) bond motifs is 1. The summed E-state index contributed by atoms with van der Waals surface area (Å²) in [7, 11) is 0. The van der Waals surface area contributed by atoms with Gasteiger partial charge >= 0.3 is 0 Å². The Morgan fingerprint density at radius 3 is 2.61 bits per heavy atom. The van der Waals surface area contributed by atoms with Gasteiger partial charge in [-0.3, -0.25) is 4.98 Å². The number of aromatic nitrogens is 2. The van der Waals surface area contributed by atoms with E-state index in [2.05, 4.69) is 15.3 Å². The van der Waals surface area contributed by atoms with Crippen molar-refractivity contribution in [1.29, 1.82) is 0 Å². The Hall–Kier alpha value is -2.82. The van der Waals surface area contributed by atoms with E-state index in [9.17, 15) is 5.11 Å². The second-order valence-electron chi connectivity index (χ2n) is 6.52. The lowest BCUT2D eigenvalue weighted by molar-refractivity contribution is 0.471. The molecule has 4 nitrogen and oxygen atoms in total. The van der Waals surface area contributed by atoms with Crippen LogP contribution in [0, 0.1) is 6.92 Å². The van der Waals surface area contributed by atoms with Crippen LogP contribution in [0.1, 0.15) is 22.7 Å². The minimum Gasteiger partial charge on any atom is -0.505 e. The standard InChI is InChI=1S/C22H17Cl2N3O/c1-13-9-11-25-18(12-13)27-21(15-5-2-6-17(23)19(15)24)16-8-7-14-4-3-10-26-20(14)22(16)28/h2-12,21,28H,1H3,(H,25,27)/t21-/m0/s1. The van der Waals surface area contributed by atoms with Crippen molar-refractivity contribution in [3.8, 4) is 5.75 Å². The first kappa shape index (κ1) is 18.5. The molecular weight excluding hydrogens is 393 g/mol. The molecule has 0 saturated heterocycles. The van der Waals surface area contributed by atoms with E-state index in [1.807, 2.05) is 55.5 Å². The molecule has 1 atom stereocenters. The first-order valence-corrected chi connectivity index (χ1v) is 9.50. The molecule has 0 aliphatic carbocycles. The molecule has 6 heteroatoms. The average Bonchev–Trinajstić information content (AvgIpc) is 2.69. The molecule has 2 N–H and O–H groups in total. The number of nitrogens with zero attached hydrogens (tertiary/aromatic N) is 2. The molecular formula is C22H17Cl2N3O. The number of aryl methyl sites for hydroxylation is 1. The maximum atomic E-state index is 11.0. The molecule has 0 aliphatic heterocycles. The van der Waals surface area contributed by atoms with Gasteiger partial charge in [0.2, 0.25) is 0 Å². The van der Waals surface area contributed by atoms with Crippen molar-refractivity contribution in [2.24, 2.45) is 0 Å². The van der Waals surface area contributed by atoms with Gasteiger partial charge in [0.1, 0.15) is 17.1 Å². The van der Waals surface area contributed by atoms with Gasteiger partial charge in [0.15, 0.2) is 0 Å². The van der Waals surface area contributed by atoms with Gasteiger partial charge in [0, 0.05) is 23.3 Å². The summed E-state index contributed by atoms with van der Waals surface area (Å²) in [6, 6.07) is 16.4. The summed E-state index contributed by atoms with van der Waals surface area (Å²) in [4.78, 5) is 8.72. The van der Waals surface area contributed by atoms with Crippen molar-refractivity contribution in [3.05, 3.63) is 93.7 Å². The second-order valence-corrected chi connectivity index (χ2v) is 7.30. The first-order chi connectivity index (χ1) is 13.5. The zero-order valence-electron chi connectivity index (χ0n) is 15.0. The molecule has 4 rings (SSSR count). The minimum atomic E-state index is -0.466. The maximum Gasteiger partial charge on any atom is 0.147 e. The number of phenols is 1. The van der Waals surface area contributed by atoms with Crippen LogP contribution in [0.2, 0.25) is 10.0 Å². The summed E-state index contributed by atoms with van der Waals surface area (Å²) >= 11 is 12.8. The second kappa shape index (κ2) is 7.66. The van der Waals surface area contributed by atoms with E-state index in [0.717, 1.165) is 16.5 Å². The largest absolute Gasteiger partial charge is 0.505 e. The summed E-state index contributed by atoms with van der Waals surface area (Å²) in [5.74, 6) is 0.765. The highest BCUT2D eigenvalue weighted by Crippen LogP contribution is 2.40. The molecule has 0 fully saturated rings. The van der Waals surface area contributed by atoms with E-state index in [4.69, 9.17) is 23.2 Å². The highest BCUT2D eigenvalue weighted by molar-refractivity contribution is 6.42. The summed E-state index contributed by atoms with van der Waals surface area (Å²) < 4.78 is 0. The maximum absolute atomic E-state index is 11.0. The Bertz CT molecular complexity index is 1160. The summed E-state index contributed by atoms with van der Waals surface area (Å²) in [6.45, 7) is 1.99. The van der Waals surface area contributed by atoms with Crippen LogP contribution in [0.15, 0.2) is 67.0 Å². The van der Waals surface area contributed by atoms with Crippen LogP contribution in [0.25, 0.3) is 10.9 Å². The van der Waals surface area contributed by atoms with Gasteiger partial charge in [-0.25, -0.2) is 4.98 Å². The zero-order chi connectivity index (χ0) is 19.7. The number of rotatable bonds is 4. The van der Waals surface area contributed by atoms with E-state index in [0.29, 0.717) is 26.9 Å². The van der Waals surface area contributed by atoms with Crippen LogP contribution >= 0.6 is 23.2 Å². The molecule has 4 aromatic rings. The fourth-order valence-electron chi connectivity index (χ4n) is 3.21. The number of nitrogens with one attached hydrogen (secondary N) is 1. The number of anilines is 1. The number of benzene rings is 2. The quantitative estimate of drug-likeness (QED) is 0.424. The Morgan fingerprint density at radius 2 is 1.79 bits per heavy atom. The first-order valence-electron chi connectivity index (χ1n) is 8.74. The molecule has 0 unspecified atom stereocenters. The predicted molar refractivity (Wildman–Crippen MR) is 114 cm³/mol. The highest BCUT2D eigenvalue weighted by Gasteiger charge is 2.23. The van der Waals surface area contributed by atoms with E-state index in [1.165, 1.54) is 0 Å². The molecule has 2 aromatic carbocycles. The molecule has 0 aliphatic rings. The Morgan fingerprint density at radius 1 is 0.929 bits per heavy atom. The van der Waals surface area contributed by atoms with Gasteiger partial charge < -0.3 is 10.4 Å². The normalized spacial score (nSPS) is 12.1. The number of hydrogen-bond acceptors (Lipinski definition) is 4. The summed E-state index contributed by atoms with van der Waals surface area (Å²) in [6.07, 6.45) is 3.39. The van der Waals surface area contributed by atoms with Crippen LogP contribution in [0.3, 0.4) is 0 Å². The topological polar surface area (TPSA) is 58.0 Å². The van der Waals surface area contributed by atoms with Crippen molar-refractivity contribution in [2.45, 2.75) is 13.0 Å². The lowest BCUT2D eigenvalue weighted by Crippen LogP contribution is -2.14. The number of hydrogen-bond donors (Lipinski definition) is 2. The molecule has 0 radical (unpaired) electrons. The van der Waals surface area contributed by atoms with Gasteiger partial charge in [0.05, 0.1) is 16.1 Å². The van der Waals surface area contributed by atoms with Gasteiger partial charge in [-0.1, -0.05) is 53.5 Å². The van der Waals surface area contributed by atoms with E-state index < -0.39 is 6.04 Å². The van der Waals surface area contributed by atoms with E-state index >= 15 is 0 Å². The lowest BCUT2D eigenvalue weighted by Gasteiger charge is -2.23. The van der Waals surface area contributed by atoms with Crippen molar-refractivity contribution >= 4 is 39.9 Å². The van der Waals surface area contributed by atoms with Gasteiger partial charge in [-0.2, -0.15) is 0 Å².